The molecule has 6 heteroatoms. The van der Waals surface area contributed by atoms with Crippen LogP contribution in [-0.2, 0) is 6.18 Å². The number of rotatable bonds is 4. The molecule has 3 nitrogen and oxygen atoms in total. The molecule has 0 bridgehead atoms. The minimum atomic E-state index is -4.43. The lowest BCUT2D eigenvalue weighted by Crippen LogP contribution is -2.18. The fourth-order valence-electron chi connectivity index (χ4n) is 1.19. The molecule has 0 aliphatic rings. The molecule has 0 aromatic carbocycles. The number of alkyl halides is 3. The van der Waals surface area contributed by atoms with E-state index in [1.54, 1.807) is 6.92 Å². The summed E-state index contributed by atoms with van der Waals surface area (Å²) >= 11 is 0. The molecule has 0 spiro atoms. The maximum Gasteiger partial charge on any atom is 0.433 e. The minimum Gasteiger partial charge on any atom is -0.396 e. The normalized spacial score (nSPS) is 13.6. The maximum atomic E-state index is 12.3. The van der Waals surface area contributed by atoms with Crippen molar-refractivity contribution in [1.82, 2.24) is 4.98 Å². The lowest BCUT2D eigenvalue weighted by atomic mass is 10.2. The fraction of sp³-hybridized carbons (Fsp3) is 0.500. The van der Waals surface area contributed by atoms with Gasteiger partial charge in [0, 0.05) is 12.6 Å². The average Bonchev–Trinajstić information content (AvgIpc) is 2.17. The molecule has 0 aliphatic carbocycles. The van der Waals surface area contributed by atoms with E-state index >= 15 is 0 Å². The Bertz CT molecular complexity index is 341. The highest BCUT2D eigenvalue weighted by Crippen LogP contribution is 2.28. The van der Waals surface area contributed by atoms with Gasteiger partial charge in [0.25, 0.3) is 0 Å². The number of pyridine rings is 1. The largest absolute Gasteiger partial charge is 0.433 e. The van der Waals surface area contributed by atoms with Gasteiger partial charge in [0.1, 0.15) is 11.5 Å². The van der Waals surface area contributed by atoms with Crippen LogP contribution in [0, 0.1) is 0 Å². The first kappa shape index (κ1) is 12.8. The molecule has 0 saturated heterocycles. The first-order valence-electron chi connectivity index (χ1n) is 4.85. The van der Waals surface area contributed by atoms with Crippen molar-refractivity contribution in [2.75, 3.05) is 11.9 Å². The summed E-state index contributed by atoms with van der Waals surface area (Å²) < 4.78 is 37.0. The molecule has 16 heavy (non-hydrogen) atoms. The van der Waals surface area contributed by atoms with Crippen LogP contribution in [-0.4, -0.2) is 22.7 Å². The van der Waals surface area contributed by atoms with E-state index in [1.165, 1.54) is 12.1 Å². The molecule has 0 radical (unpaired) electrons. The Balaban J connectivity index is 2.75. The van der Waals surface area contributed by atoms with Crippen molar-refractivity contribution in [2.45, 2.75) is 25.6 Å². The van der Waals surface area contributed by atoms with Gasteiger partial charge >= 0.3 is 6.18 Å². The number of hydrogen-bond acceptors (Lipinski definition) is 3. The summed E-state index contributed by atoms with van der Waals surface area (Å²) in [6.45, 7) is 1.74. The monoisotopic (exact) mass is 234 g/mol. The second-order valence-electron chi connectivity index (χ2n) is 3.46. The highest BCUT2D eigenvalue weighted by Gasteiger charge is 2.32. The Kier molecular flexibility index (Phi) is 4.12. The van der Waals surface area contributed by atoms with Crippen LogP contribution in [0.1, 0.15) is 19.0 Å². The summed E-state index contributed by atoms with van der Waals surface area (Å²) in [4.78, 5) is 3.45. The summed E-state index contributed by atoms with van der Waals surface area (Å²) in [6, 6.07) is 3.55. The van der Waals surface area contributed by atoms with E-state index in [0.29, 0.717) is 6.42 Å². The van der Waals surface area contributed by atoms with Crippen LogP contribution in [0.25, 0.3) is 0 Å². The average molecular weight is 234 g/mol. The van der Waals surface area contributed by atoms with Gasteiger partial charge in [0.05, 0.1) is 0 Å². The zero-order chi connectivity index (χ0) is 12.2. The van der Waals surface area contributed by atoms with Crippen LogP contribution in [0.3, 0.4) is 0 Å². The van der Waals surface area contributed by atoms with E-state index in [2.05, 4.69) is 10.3 Å². The number of aliphatic hydroxyl groups excluding tert-OH is 1. The molecule has 1 atom stereocenters. The fourth-order valence-corrected chi connectivity index (χ4v) is 1.19. The first-order chi connectivity index (χ1) is 7.43. The van der Waals surface area contributed by atoms with Crippen LogP contribution < -0.4 is 5.32 Å². The van der Waals surface area contributed by atoms with E-state index in [4.69, 9.17) is 5.11 Å². The summed E-state index contributed by atoms with van der Waals surface area (Å²) in [7, 11) is 0. The molecule has 1 aromatic heterocycles. The Morgan fingerprint density at radius 2 is 2.12 bits per heavy atom. The quantitative estimate of drug-likeness (QED) is 0.840. The Labute approximate surface area is 91.3 Å². The molecular formula is C10H13F3N2O. The number of halogens is 3. The van der Waals surface area contributed by atoms with Crippen LogP contribution in [0.4, 0.5) is 19.0 Å². The van der Waals surface area contributed by atoms with Crippen molar-refractivity contribution < 1.29 is 18.3 Å². The van der Waals surface area contributed by atoms with Gasteiger partial charge in [-0.15, -0.1) is 0 Å². The predicted molar refractivity (Wildman–Crippen MR) is 54.0 cm³/mol. The van der Waals surface area contributed by atoms with E-state index in [1.807, 2.05) is 0 Å². The van der Waals surface area contributed by atoms with Crippen molar-refractivity contribution in [3.63, 3.8) is 0 Å². The second-order valence-corrected chi connectivity index (χ2v) is 3.46. The molecule has 1 rings (SSSR count). The van der Waals surface area contributed by atoms with Crippen LogP contribution in [0.15, 0.2) is 18.2 Å². The molecule has 90 valence electrons. The first-order valence-corrected chi connectivity index (χ1v) is 4.85. The number of nitrogens with zero attached hydrogens (tertiary/aromatic N) is 1. The van der Waals surface area contributed by atoms with Gasteiger partial charge in [-0.1, -0.05) is 6.07 Å². The summed E-state index contributed by atoms with van der Waals surface area (Å²) in [6.07, 6.45) is -3.98. The summed E-state index contributed by atoms with van der Waals surface area (Å²) in [5, 5.41) is 11.4. The van der Waals surface area contributed by atoms with Gasteiger partial charge in [0.15, 0.2) is 0 Å². The number of hydrogen-bond donors (Lipinski definition) is 2. The summed E-state index contributed by atoms with van der Waals surface area (Å²) in [5.74, 6) is 0.163. The standard InChI is InChI=1S/C10H13F3N2O/c1-7(5-6-16)14-9-4-2-3-8(15-9)10(11,12)13/h2-4,7,16H,5-6H2,1H3,(H,14,15). The lowest BCUT2D eigenvalue weighted by Gasteiger charge is -2.14. The second kappa shape index (κ2) is 5.16. The molecule has 0 saturated carbocycles. The lowest BCUT2D eigenvalue weighted by molar-refractivity contribution is -0.141. The van der Waals surface area contributed by atoms with E-state index in [-0.39, 0.29) is 18.5 Å². The Morgan fingerprint density at radius 3 is 2.69 bits per heavy atom. The van der Waals surface area contributed by atoms with Gasteiger partial charge in [-0.05, 0) is 25.5 Å². The van der Waals surface area contributed by atoms with Gasteiger partial charge in [0.2, 0.25) is 0 Å². The zero-order valence-electron chi connectivity index (χ0n) is 8.75. The van der Waals surface area contributed by atoms with Gasteiger partial charge < -0.3 is 10.4 Å². The van der Waals surface area contributed by atoms with Gasteiger partial charge in [-0.2, -0.15) is 13.2 Å². The Morgan fingerprint density at radius 1 is 1.44 bits per heavy atom. The molecule has 0 aliphatic heterocycles. The van der Waals surface area contributed by atoms with E-state index in [0.717, 1.165) is 6.07 Å². The third-order valence-corrected chi connectivity index (χ3v) is 2.00. The number of aromatic nitrogens is 1. The van der Waals surface area contributed by atoms with Crippen molar-refractivity contribution in [3.05, 3.63) is 23.9 Å². The predicted octanol–water partition coefficient (Wildman–Crippen LogP) is 2.28. The minimum absolute atomic E-state index is 0.0207. The van der Waals surface area contributed by atoms with Gasteiger partial charge in [-0.3, -0.25) is 0 Å². The SMILES string of the molecule is CC(CCO)Nc1cccc(C(F)(F)F)n1. The van der Waals surface area contributed by atoms with E-state index < -0.39 is 11.9 Å². The van der Waals surface area contributed by atoms with Crippen molar-refractivity contribution in [3.8, 4) is 0 Å². The molecular weight excluding hydrogens is 221 g/mol. The third kappa shape index (κ3) is 3.69. The molecule has 1 heterocycles. The molecule has 1 unspecified atom stereocenters. The van der Waals surface area contributed by atoms with Crippen LogP contribution in [0.5, 0.6) is 0 Å². The molecule has 0 fully saturated rings. The highest BCUT2D eigenvalue weighted by molar-refractivity contribution is 5.36. The number of aliphatic hydroxyl groups is 1. The Hall–Kier alpha value is -1.30. The molecule has 2 N–H and O–H groups in total. The van der Waals surface area contributed by atoms with Crippen molar-refractivity contribution >= 4 is 5.82 Å². The highest BCUT2D eigenvalue weighted by atomic mass is 19.4. The zero-order valence-corrected chi connectivity index (χ0v) is 8.75. The molecule has 1 aromatic rings. The van der Waals surface area contributed by atoms with Crippen LogP contribution >= 0.6 is 0 Å². The third-order valence-electron chi connectivity index (χ3n) is 2.00. The number of nitrogens with one attached hydrogen (secondary N) is 1. The molecule has 0 amide bonds. The maximum absolute atomic E-state index is 12.3. The topological polar surface area (TPSA) is 45.1 Å². The van der Waals surface area contributed by atoms with Crippen molar-refractivity contribution in [2.24, 2.45) is 0 Å². The summed E-state index contributed by atoms with van der Waals surface area (Å²) in [5.41, 5.74) is -0.923. The number of anilines is 1. The van der Waals surface area contributed by atoms with Crippen molar-refractivity contribution in [1.29, 1.82) is 0 Å². The van der Waals surface area contributed by atoms with Crippen LogP contribution in [0.2, 0.25) is 0 Å². The smallest absolute Gasteiger partial charge is 0.396 e. The van der Waals surface area contributed by atoms with Gasteiger partial charge in [-0.25, -0.2) is 4.98 Å². The van der Waals surface area contributed by atoms with E-state index in [9.17, 15) is 13.2 Å².